The van der Waals surface area contributed by atoms with Crippen molar-refractivity contribution in [2.75, 3.05) is 0 Å². The Labute approximate surface area is 161 Å². The number of aromatic nitrogens is 1. The molecule has 0 aliphatic rings. The summed E-state index contributed by atoms with van der Waals surface area (Å²) in [6, 6.07) is 11.3. The minimum Gasteiger partial charge on any atom is -0.317 e. The van der Waals surface area contributed by atoms with Crippen LogP contribution in [0.5, 0.6) is 0 Å². The smallest absolute Gasteiger partial charge is 0.151 e. The minimum atomic E-state index is -0.686. The van der Waals surface area contributed by atoms with E-state index in [1.807, 2.05) is 38.1 Å². The predicted molar refractivity (Wildman–Crippen MR) is 104 cm³/mol. The van der Waals surface area contributed by atoms with Crippen LogP contribution in [-0.2, 0) is 0 Å². The van der Waals surface area contributed by atoms with Crippen molar-refractivity contribution in [3.8, 4) is 5.69 Å². The van der Waals surface area contributed by atoms with E-state index in [0.29, 0.717) is 0 Å². The summed E-state index contributed by atoms with van der Waals surface area (Å²) in [5.74, 6) is -1.31. The second-order valence-electron chi connectivity index (χ2n) is 5.56. The van der Waals surface area contributed by atoms with E-state index in [1.54, 1.807) is 6.21 Å². The van der Waals surface area contributed by atoms with Gasteiger partial charge in [-0.2, -0.15) is 0 Å². The maximum absolute atomic E-state index is 13.8. The van der Waals surface area contributed by atoms with Crippen molar-refractivity contribution in [1.82, 2.24) is 4.57 Å². The zero-order valence-corrected chi connectivity index (χ0v) is 16.7. The molecule has 1 aromatic heterocycles. The van der Waals surface area contributed by atoms with E-state index in [9.17, 15) is 8.78 Å². The third-order valence-corrected chi connectivity index (χ3v) is 5.47. The average molecular weight is 468 g/mol. The van der Waals surface area contributed by atoms with Crippen molar-refractivity contribution in [1.29, 1.82) is 0 Å². The first-order chi connectivity index (χ1) is 11.9. The van der Waals surface area contributed by atoms with Gasteiger partial charge in [-0.15, -0.1) is 0 Å². The van der Waals surface area contributed by atoms with Crippen LogP contribution in [0.15, 0.2) is 56.4 Å². The van der Waals surface area contributed by atoms with Gasteiger partial charge in [-0.25, -0.2) is 8.78 Å². The Morgan fingerprint density at radius 2 is 1.64 bits per heavy atom. The Balaban J connectivity index is 2.04. The Morgan fingerprint density at radius 1 is 0.960 bits per heavy atom. The monoisotopic (exact) mass is 466 g/mol. The summed E-state index contributed by atoms with van der Waals surface area (Å²) in [5.41, 5.74) is 3.95. The fourth-order valence-corrected chi connectivity index (χ4v) is 3.50. The van der Waals surface area contributed by atoms with Crippen LogP contribution in [0.2, 0.25) is 0 Å². The van der Waals surface area contributed by atoms with E-state index in [0.717, 1.165) is 37.7 Å². The Hall–Kier alpha value is -1.79. The van der Waals surface area contributed by atoms with E-state index in [1.165, 1.54) is 12.1 Å². The van der Waals surface area contributed by atoms with E-state index in [4.69, 9.17) is 0 Å². The molecule has 3 rings (SSSR count). The number of nitrogens with zero attached hydrogens (tertiary/aromatic N) is 2. The number of hydrogen-bond donors (Lipinski definition) is 0. The Morgan fingerprint density at radius 3 is 2.28 bits per heavy atom. The van der Waals surface area contributed by atoms with E-state index in [-0.39, 0.29) is 5.69 Å². The lowest BCUT2D eigenvalue weighted by atomic mass is 10.2. The van der Waals surface area contributed by atoms with Crippen LogP contribution in [0.3, 0.4) is 0 Å². The molecule has 0 radical (unpaired) electrons. The van der Waals surface area contributed by atoms with Crippen LogP contribution >= 0.6 is 31.9 Å². The normalized spacial score (nSPS) is 11.4. The maximum atomic E-state index is 13.8. The SMILES string of the molecule is Cc1c(Br)c(C=Nc2ccc(F)cc2F)c(C)n1-c1ccc(Br)cc1. The zero-order valence-electron chi connectivity index (χ0n) is 13.5. The van der Waals surface area contributed by atoms with Gasteiger partial charge >= 0.3 is 0 Å². The molecule has 0 unspecified atom stereocenters. The minimum absolute atomic E-state index is 0.0988. The molecule has 0 aliphatic heterocycles. The van der Waals surface area contributed by atoms with Crippen LogP contribution in [0, 0.1) is 25.5 Å². The average Bonchev–Trinajstić information content (AvgIpc) is 2.78. The Kier molecular flexibility index (Phi) is 5.20. The molecule has 2 nitrogen and oxygen atoms in total. The van der Waals surface area contributed by atoms with Crippen LogP contribution in [0.1, 0.15) is 17.0 Å². The molecule has 0 saturated heterocycles. The Bertz CT molecular complexity index is 961. The van der Waals surface area contributed by atoms with Crippen LogP contribution in [0.4, 0.5) is 14.5 Å². The third-order valence-electron chi connectivity index (χ3n) is 3.94. The topological polar surface area (TPSA) is 17.3 Å². The molecule has 3 aromatic rings. The molecule has 1 heterocycles. The van der Waals surface area contributed by atoms with Crippen molar-refractivity contribution in [2.24, 2.45) is 4.99 Å². The molecule has 0 atom stereocenters. The van der Waals surface area contributed by atoms with Crippen molar-refractivity contribution < 1.29 is 8.78 Å². The maximum Gasteiger partial charge on any atom is 0.151 e. The van der Waals surface area contributed by atoms with E-state index in [2.05, 4.69) is 41.4 Å². The predicted octanol–water partition coefficient (Wildman–Crippen LogP) is 6.65. The highest BCUT2D eigenvalue weighted by Gasteiger charge is 2.15. The molecular formula is C19H14Br2F2N2. The summed E-state index contributed by atoms with van der Waals surface area (Å²) in [4.78, 5) is 4.18. The van der Waals surface area contributed by atoms with Crippen LogP contribution in [0.25, 0.3) is 5.69 Å². The summed E-state index contributed by atoms with van der Waals surface area (Å²) in [6.07, 6.45) is 1.60. The van der Waals surface area contributed by atoms with Crippen molar-refractivity contribution in [3.05, 3.63) is 80.0 Å². The molecule has 6 heteroatoms. The van der Waals surface area contributed by atoms with Gasteiger partial charge in [-0.3, -0.25) is 4.99 Å². The lowest BCUT2D eigenvalue weighted by Gasteiger charge is -2.09. The molecule has 0 bridgehead atoms. The highest BCUT2D eigenvalue weighted by Crippen LogP contribution is 2.30. The molecule has 0 spiro atoms. The molecule has 0 N–H and O–H groups in total. The fraction of sp³-hybridized carbons (Fsp3) is 0.105. The van der Waals surface area contributed by atoms with Gasteiger partial charge in [0.2, 0.25) is 0 Å². The molecular weight excluding hydrogens is 454 g/mol. The molecule has 0 amide bonds. The van der Waals surface area contributed by atoms with Crippen molar-refractivity contribution in [3.63, 3.8) is 0 Å². The van der Waals surface area contributed by atoms with Crippen LogP contribution < -0.4 is 0 Å². The standard InChI is InChI=1S/C19H14Br2F2N2/c1-11-16(10-24-18-8-5-14(22)9-17(18)23)19(21)12(2)25(11)15-6-3-13(20)4-7-15/h3-10H,1-2H3. The summed E-state index contributed by atoms with van der Waals surface area (Å²) < 4.78 is 30.8. The molecule has 0 aliphatic carbocycles. The van der Waals surface area contributed by atoms with E-state index >= 15 is 0 Å². The second-order valence-corrected chi connectivity index (χ2v) is 7.27. The van der Waals surface area contributed by atoms with Gasteiger partial charge < -0.3 is 4.57 Å². The summed E-state index contributed by atoms with van der Waals surface area (Å²) in [5, 5.41) is 0. The van der Waals surface area contributed by atoms with Gasteiger partial charge in [0.25, 0.3) is 0 Å². The number of benzene rings is 2. The van der Waals surface area contributed by atoms with E-state index < -0.39 is 11.6 Å². The third kappa shape index (κ3) is 3.60. The lowest BCUT2D eigenvalue weighted by Crippen LogP contribution is -1.99. The first-order valence-corrected chi connectivity index (χ1v) is 9.09. The molecule has 128 valence electrons. The second kappa shape index (κ2) is 7.22. The highest BCUT2D eigenvalue weighted by molar-refractivity contribution is 9.10. The number of halogens is 4. The molecule has 25 heavy (non-hydrogen) atoms. The van der Waals surface area contributed by atoms with Gasteiger partial charge in [0, 0.05) is 43.9 Å². The molecule has 0 fully saturated rings. The molecule has 2 aromatic carbocycles. The van der Waals surface area contributed by atoms with Crippen molar-refractivity contribution >= 4 is 43.8 Å². The fourth-order valence-electron chi connectivity index (χ4n) is 2.67. The van der Waals surface area contributed by atoms with Gasteiger partial charge in [0.15, 0.2) is 5.82 Å². The summed E-state index contributed by atoms with van der Waals surface area (Å²) in [7, 11) is 0. The highest BCUT2D eigenvalue weighted by atomic mass is 79.9. The van der Waals surface area contributed by atoms with Gasteiger partial charge in [0.05, 0.1) is 5.69 Å². The number of hydrogen-bond acceptors (Lipinski definition) is 1. The number of aliphatic imine (C=N–C) groups is 1. The lowest BCUT2D eigenvalue weighted by molar-refractivity contribution is 0.585. The first kappa shape index (κ1) is 18.0. The van der Waals surface area contributed by atoms with Gasteiger partial charge in [0.1, 0.15) is 5.82 Å². The largest absolute Gasteiger partial charge is 0.317 e. The van der Waals surface area contributed by atoms with Crippen molar-refractivity contribution in [2.45, 2.75) is 13.8 Å². The molecule has 0 saturated carbocycles. The summed E-state index contributed by atoms with van der Waals surface area (Å²) in [6.45, 7) is 3.97. The number of rotatable bonds is 3. The van der Waals surface area contributed by atoms with Gasteiger partial charge in [-0.1, -0.05) is 15.9 Å². The quantitative estimate of drug-likeness (QED) is 0.384. The van der Waals surface area contributed by atoms with Gasteiger partial charge in [-0.05, 0) is 66.2 Å². The first-order valence-electron chi connectivity index (χ1n) is 7.51. The zero-order chi connectivity index (χ0) is 18.1. The van der Waals surface area contributed by atoms with Crippen LogP contribution in [-0.4, -0.2) is 10.8 Å². The summed E-state index contributed by atoms with van der Waals surface area (Å²) >= 11 is 7.03.